The first-order chi connectivity index (χ1) is 13.9. The molecule has 4 rings (SSSR count). The lowest BCUT2D eigenvalue weighted by Crippen LogP contribution is -2.35. The van der Waals surface area contributed by atoms with E-state index in [0.717, 1.165) is 12.3 Å². The highest BCUT2D eigenvalue weighted by atomic mass is 19.1. The van der Waals surface area contributed by atoms with Crippen LogP contribution in [0, 0.1) is 11.6 Å². The van der Waals surface area contributed by atoms with Crippen molar-refractivity contribution in [3.8, 4) is 0 Å². The van der Waals surface area contributed by atoms with E-state index >= 15 is 0 Å². The van der Waals surface area contributed by atoms with Crippen LogP contribution in [0.3, 0.4) is 0 Å². The standard InChI is InChI=1S/C20H16F2N6O/c1-20(7-17-13(18(23)28-20)9-24-10-26-17)14-6-12(3-4-15(14)22)27-19(29)16-5-2-11(21)8-25-16/h2-6,8-10H,7H2,1H3,(H2,23,28)(H,27,29). The average molecular weight is 394 g/mol. The van der Waals surface area contributed by atoms with Crippen LogP contribution in [0.1, 0.15) is 34.2 Å². The summed E-state index contributed by atoms with van der Waals surface area (Å²) in [5, 5.41) is 2.64. The SMILES string of the molecule is CC1(c2cc(NC(=O)c3ccc(F)cn3)ccc2F)Cc2ncncc2C(N)=N1. The van der Waals surface area contributed by atoms with E-state index in [1.807, 2.05) is 0 Å². The number of benzene rings is 1. The second-order valence-electron chi connectivity index (χ2n) is 6.84. The van der Waals surface area contributed by atoms with Crippen molar-refractivity contribution in [3.05, 3.63) is 83.2 Å². The van der Waals surface area contributed by atoms with Crippen molar-refractivity contribution in [2.24, 2.45) is 10.7 Å². The number of aliphatic imine (C=N–C) groups is 1. The number of nitrogens with zero attached hydrogens (tertiary/aromatic N) is 4. The van der Waals surface area contributed by atoms with Crippen molar-refractivity contribution in [1.82, 2.24) is 15.0 Å². The first-order valence-electron chi connectivity index (χ1n) is 8.73. The predicted octanol–water partition coefficient (Wildman–Crippen LogP) is 2.58. The van der Waals surface area contributed by atoms with E-state index in [2.05, 4.69) is 25.3 Å². The molecular formula is C20H16F2N6O. The largest absolute Gasteiger partial charge is 0.383 e. The van der Waals surface area contributed by atoms with Crippen LogP contribution < -0.4 is 11.1 Å². The molecule has 146 valence electrons. The van der Waals surface area contributed by atoms with Gasteiger partial charge in [-0.25, -0.2) is 23.7 Å². The maximum absolute atomic E-state index is 14.7. The Bertz CT molecular complexity index is 1130. The zero-order valence-corrected chi connectivity index (χ0v) is 15.4. The Morgan fingerprint density at radius 3 is 2.76 bits per heavy atom. The van der Waals surface area contributed by atoms with Crippen molar-refractivity contribution in [2.75, 3.05) is 5.32 Å². The summed E-state index contributed by atoms with van der Waals surface area (Å²) in [4.78, 5) is 28.7. The number of aromatic nitrogens is 3. The Morgan fingerprint density at radius 2 is 2.00 bits per heavy atom. The highest BCUT2D eigenvalue weighted by molar-refractivity contribution is 6.03. The molecule has 0 fully saturated rings. The van der Waals surface area contributed by atoms with Gasteiger partial charge in [-0.05, 0) is 37.3 Å². The molecular weight excluding hydrogens is 378 g/mol. The molecule has 9 heteroatoms. The van der Waals surface area contributed by atoms with Crippen molar-refractivity contribution >= 4 is 17.4 Å². The molecule has 3 aromatic rings. The van der Waals surface area contributed by atoms with Crippen LogP contribution in [-0.4, -0.2) is 26.7 Å². The monoisotopic (exact) mass is 394 g/mol. The molecule has 0 aliphatic carbocycles. The molecule has 3 N–H and O–H groups in total. The van der Waals surface area contributed by atoms with Gasteiger partial charge in [0.15, 0.2) is 0 Å². The zero-order valence-electron chi connectivity index (χ0n) is 15.4. The number of amidine groups is 1. The van der Waals surface area contributed by atoms with Gasteiger partial charge in [0.25, 0.3) is 5.91 Å². The lowest BCUT2D eigenvalue weighted by Gasteiger charge is -2.31. The molecule has 0 saturated carbocycles. The fourth-order valence-electron chi connectivity index (χ4n) is 3.28. The van der Waals surface area contributed by atoms with Crippen LogP contribution in [0.2, 0.25) is 0 Å². The molecule has 29 heavy (non-hydrogen) atoms. The number of hydrogen-bond acceptors (Lipinski definition) is 6. The van der Waals surface area contributed by atoms with Crippen LogP contribution in [0.25, 0.3) is 0 Å². The van der Waals surface area contributed by atoms with Crippen molar-refractivity contribution in [2.45, 2.75) is 18.9 Å². The number of carbonyl (C=O) groups is 1. The van der Waals surface area contributed by atoms with Crippen molar-refractivity contribution in [1.29, 1.82) is 0 Å². The summed E-state index contributed by atoms with van der Waals surface area (Å²) in [6.07, 6.45) is 4.24. The van der Waals surface area contributed by atoms with Gasteiger partial charge in [-0.15, -0.1) is 0 Å². The maximum Gasteiger partial charge on any atom is 0.274 e. The molecule has 1 atom stereocenters. The van der Waals surface area contributed by atoms with Crippen LogP contribution in [0.4, 0.5) is 14.5 Å². The third kappa shape index (κ3) is 3.54. The van der Waals surface area contributed by atoms with Crippen LogP contribution in [0.5, 0.6) is 0 Å². The minimum atomic E-state index is -1.01. The molecule has 3 heterocycles. The lowest BCUT2D eigenvalue weighted by molar-refractivity contribution is 0.102. The molecule has 1 aliphatic heterocycles. The summed E-state index contributed by atoms with van der Waals surface area (Å²) in [5.74, 6) is -1.36. The van der Waals surface area contributed by atoms with Gasteiger partial charge in [0.05, 0.1) is 23.0 Å². The molecule has 0 saturated heterocycles. The molecule has 7 nitrogen and oxygen atoms in total. The number of nitrogens with two attached hydrogens (primary N) is 1. The number of carbonyl (C=O) groups excluding carboxylic acids is 1. The molecule has 1 amide bonds. The fraction of sp³-hybridized carbons (Fsp3) is 0.150. The molecule has 1 aromatic carbocycles. The number of anilines is 1. The highest BCUT2D eigenvalue weighted by Crippen LogP contribution is 2.36. The van der Waals surface area contributed by atoms with Crippen LogP contribution in [0.15, 0.2) is 54.0 Å². The Kier molecular flexibility index (Phi) is 4.50. The van der Waals surface area contributed by atoms with Crippen molar-refractivity contribution in [3.63, 3.8) is 0 Å². The first kappa shape index (κ1) is 18.6. The van der Waals surface area contributed by atoms with Gasteiger partial charge < -0.3 is 11.1 Å². The first-order valence-corrected chi connectivity index (χ1v) is 8.73. The van der Waals surface area contributed by atoms with E-state index in [9.17, 15) is 13.6 Å². The van der Waals surface area contributed by atoms with E-state index < -0.39 is 23.1 Å². The van der Waals surface area contributed by atoms with Gasteiger partial charge in [0.2, 0.25) is 0 Å². The Labute approximate surface area is 164 Å². The summed E-state index contributed by atoms with van der Waals surface area (Å²) in [5.41, 5.74) is 6.98. The van der Waals surface area contributed by atoms with Crippen LogP contribution >= 0.6 is 0 Å². The minimum absolute atomic E-state index is 0.0362. The third-order valence-corrected chi connectivity index (χ3v) is 4.71. The van der Waals surface area contributed by atoms with E-state index in [1.165, 1.54) is 30.6 Å². The Hall–Kier alpha value is -3.75. The predicted molar refractivity (Wildman–Crippen MR) is 102 cm³/mol. The fourth-order valence-corrected chi connectivity index (χ4v) is 3.28. The lowest BCUT2D eigenvalue weighted by atomic mass is 9.84. The molecule has 0 radical (unpaired) electrons. The molecule has 0 spiro atoms. The van der Waals surface area contributed by atoms with Gasteiger partial charge in [-0.2, -0.15) is 0 Å². The number of pyridine rings is 1. The molecule has 1 aliphatic rings. The topological polar surface area (TPSA) is 106 Å². The number of nitrogens with one attached hydrogen (secondary N) is 1. The summed E-state index contributed by atoms with van der Waals surface area (Å²) in [7, 11) is 0. The summed E-state index contributed by atoms with van der Waals surface area (Å²) < 4.78 is 27.7. The minimum Gasteiger partial charge on any atom is -0.383 e. The summed E-state index contributed by atoms with van der Waals surface area (Å²) in [6, 6.07) is 6.57. The molecule has 2 aromatic heterocycles. The second-order valence-corrected chi connectivity index (χ2v) is 6.84. The maximum atomic E-state index is 14.7. The smallest absolute Gasteiger partial charge is 0.274 e. The molecule has 0 bridgehead atoms. The average Bonchev–Trinajstić information content (AvgIpc) is 2.69. The second kappa shape index (κ2) is 7.01. The van der Waals surface area contributed by atoms with Gasteiger partial charge in [0, 0.05) is 23.9 Å². The zero-order chi connectivity index (χ0) is 20.6. The summed E-state index contributed by atoms with van der Waals surface area (Å²) in [6.45, 7) is 1.75. The van der Waals surface area contributed by atoms with E-state index in [0.29, 0.717) is 23.4 Å². The Balaban J connectivity index is 1.66. The van der Waals surface area contributed by atoms with E-state index in [1.54, 1.807) is 13.1 Å². The highest BCUT2D eigenvalue weighted by Gasteiger charge is 2.35. The third-order valence-electron chi connectivity index (χ3n) is 4.71. The number of fused-ring (bicyclic) bond motifs is 1. The number of halogens is 2. The van der Waals surface area contributed by atoms with Gasteiger partial charge in [-0.1, -0.05) is 0 Å². The quantitative estimate of drug-likeness (QED) is 0.710. The number of hydrogen-bond donors (Lipinski definition) is 2. The van der Waals surface area contributed by atoms with Crippen LogP contribution in [-0.2, 0) is 12.0 Å². The van der Waals surface area contributed by atoms with Gasteiger partial charge in [-0.3, -0.25) is 9.79 Å². The normalized spacial score (nSPS) is 18.0. The number of rotatable bonds is 3. The van der Waals surface area contributed by atoms with Gasteiger partial charge >= 0.3 is 0 Å². The number of amides is 1. The Morgan fingerprint density at radius 1 is 1.17 bits per heavy atom. The van der Waals surface area contributed by atoms with Gasteiger partial charge in [0.1, 0.15) is 29.5 Å². The van der Waals surface area contributed by atoms with E-state index in [4.69, 9.17) is 5.73 Å². The van der Waals surface area contributed by atoms with E-state index in [-0.39, 0.29) is 17.1 Å². The molecule has 1 unspecified atom stereocenters. The summed E-state index contributed by atoms with van der Waals surface area (Å²) >= 11 is 0. The van der Waals surface area contributed by atoms with Crippen molar-refractivity contribution < 1.29 is 13.6 Å².